The molecule has 0 aromatic carbocycles. The molecule has 0 aliphatic carbocycles. The Kier molecular flexibility index (Phi) is 8.12. The number of nitrogens with zero attached hydrogens (tertiary/aromatic N) is 3. The first kappa shape index (κ1) is 20.7. The summed E-state index contributed by atoms with van der Waals surface area (Å²) in [4.78, 5) is 36.8. The van der Waals surface area contributed by atoms with Crippen molar-refractivity contribution in [2.75, 3.05) is 13.2 Å². The van der Waals surface area contributed by atoms with Gasteiger partial charge in [0.25, 0.3) is 0 Å². The van der Waals surface area contributed by atoms with Crippen LogP contribution in [0.25, 0.3) is 10.4 Å². The Balaban J connectivity index is 3.20. The highest BCUT2D eigenvalue weighted by atomic mass is 16.6. The molecule has 11 heteroatoms. The van der Waals surface area contributed by atoms with Crippen molar-refractivity contribution in [3.63, 3.8) is 0 Å². The summed E-state index contributed by atoms with van der Waals surface area (Å²) in [6, 6.07) is -0.956. The maximum absolute atomic E-state index is 11.5. The number of azide groups is 1. The molecule has 1 heterocycles. The van der Waals surface area contributed by atoms with E-state index in [-0.39, 0.29) is 13.2 Å². The summed E-state index contributed by atoms with van der Waals surface area (Å²) < 4.78 is 21.5. The zero-order valence-electron chi connectivity index (χ0n) is 14.5. The molecule has 0 aromatic heterocycles. The van der Waals surface area contributed by atoms with Crippen LogP contribution in [0.2, 0.25) is 0 Å². The Labute approximate surface area is 144 Å². The quantitative estimate of drug-likeness (QED) is 0.300. The van der Waals surface area contributed by atoms with E-state index in [1.165, 1.54) is 20.8 Å². The SMILES string of the molecule is CCO[C@H]1C(COC(C)=O)O[C@@H](N=[N+]=[N-])C(NC(C)=O)[C@H]1OC(C)=O. The van der Waals surface area contributed by atoms with E-state index in [1.807, 2.05) is 0 Å². The van der Waals surface area contributed by atoms with Crippen molar-refractivity contribution in [3.05, 3.63) is 10.4 Å². The zero-order chi connectivity index (χ0) is 19.0. The molecule has 1 saturated heterocycles. The molecule has 140 valence electrons. The van der Waals surface area contributed by atoms with Gasteiger partial charge in [0.2, 0.25) is 5.91 Å². The summed E-state index contributed by atoms with van der Waals surface area (Å²) in [5.74, 6) is -1.58. The first-order valence-corrected chi connectivity index (χ1v) is 7.69. The van der Waals surface area contributed by atoms with Crippen LogP contribution >= 0.6 is 0 Å². The third kappa shape index (κ3) is 6.22. The van der Waals surface area contributed by atoms with E-state index in [0.717, 1.165) is 0 Å². The smallest absolute Gasteiger partial charge is 0.303 e. The Bertz CT molecular complexity index is 549. The van der Waals surface area contributed by atoms with E-state index in [1.54, 1.807) is 6.92 Å². The summed E-state index contributed by atoms with van der Waals surface area (Å²) in [5.41, 5.74) is 8.75. The number of hydrogen-bond acceptors (Lipinski definition) is 8. The molecule has 5 atom stereocenters. The number of hydrogen-bond donors (Lipinski definition) is 1. The van der Waals surface area contributed by atoms with Crippen LogP contribution in [0.1, 0.15) is 27.7 Å². The minimum Gasteiger partial charge on any atom is -0.463 e. The summed E-state index contributed by atoms with van der Waals surface area (Å²) in [6.07, 6.45) is -3.86. The maximum Gasteiger partial charge on any atom is 0.303 e. The Morgan fingerprint density at radius 1 is 1.20 bits per heavy atom. The van der Waals surface area contributed by atoms with Gasteiger partial charge in [0.05, 0.1) is 0 Å². The van der Waals surface area contributed by atoms with E-state index in [4.69, 9.17) is 24.5 Å². The summed E-state index contributed by atoms with van der Waals surface area (Å²) in [5, 5.41) is 6.06. The Morgan fingerprint density at radius 3 is 2.36 bits per heavy atom. The van der Waals surface area contributed by atoms with Gasteiger partial charge in [-0.2, -0.15) is 0 Å². The van der Waals surface area contributed by atoms with Crippen molar-refractivity contribution in [1.29, 1.82) is 0 Å². The van der Waals surface area contributed by atoms with Crippen LogP contribution in [-0.2, 0) is 33.3 Å². The highest BCUT2D eigenvalue weighted by Gasteiger charge is 2.49. The average molecular weight is 358 g/mol. The average Bonchev–Trinajstić information content (AvgIpc) is 2.50. The highest BCUT2D eigenvalue weighted by Crippen LogP contribution is 2.27. The molecule has 1 aliphatic rings. The second-order valence-electron chi connectivity index (χ2n) is 5.29. The first-order chi connectivity index (χ1) is 11.8. The lowest BCUT2D eigenvalue weighted by atomic mass is 9.95. The molecule has 0 saturated carbocycles. The monoisotopic (exact) mass is 358 g/mol. The van der Waals surface area contributed by atoms with Crippen LogP contribution in [0.5, 0.6) is 0 Å². The van der Waals surface area contributed by atoms with Crippen LogP contribution in [0.3, 0.4) is 0 Å². The van der Waals surface area contributed by atoms with E-state index in [2.05, 4.69) is 15.3 Å². The van der Waals surface area contributed by atoms with Crippen LogP contribution in [0, 0.1) is 0 Å². The van der Waals surface area contributed by atoms with Gasteiger partial charge in [-0.15, -0.1) is 0 Å². The topological polar surface area (TPSA) is 149 Å². The lowest BCUT2D eigenvalue weighted by Gasteiger charge is -2.44. The van der Waals surface area contributed by atoms with Crippen LogP contribution < -0.4 is 5.32 Å². The molecule has 11 nitrogen and oxygen atoms in total. The number of rotatable bonds is 7. The van der Waals surface area contributed by atoms with Crippen molar-refractivity contribution in [3.8, 4) is 0 Å². The fraction of sp³-hybridized carbons (Fsp3) is 0.786. The Hall–Kier alpha value is -2.36. The number of carbonyl (C=O) groups is 3. The second kappa shape index (κ2) is 9.82. The van der Waals surface area contributed by atoms with Crippen molar-refractivity contribution < 1.29 is 33.3 Å². The minimum atomic E-state index is -1.17. The van der Waals surface area contributed by atoms with E-state index in [0.29, 0.717) is 0 Å². The molecule has 1 fully saturated rings. The van der Waals surface area contributed by atoms with Crippen molar-refractivity contribution in [2.24, 2.45) is 5.11 Å². The van der Waals surface area contributed by atoms with Gasteiger partial charge in [0.15, 0.2) is 12.3 Å². The number of carbonyl (C=O) groups excluding carboxylic acids is 3. The van der Waals surface area contributed by atoms with Gasteiger partial charge in [0.1, 0.15) is 24.9 Å². The van der Waals surface area contributed by atoms with Crippen molar-refractivity contribution in [2.45, 2.75) is 58.3 Å². The van der Waals surface area contributed by atoms with Crippen LogP contribution in [-0.4, -0.2) is 61.6 Å². The van der Waals surface area contributed by atoms with Gasteiger partial charge in [-0.25, -0.2) is 0 Å². The standard InChI is InChI=1S/C14H22N4O7/c1-5-22-12-10(6-23-8(3)20)25-14(17-18-15)11(16-7(2)19)13(12)24-9(4)21/h10-14H,5-6H2,1-4H3,(H,16,19)/t10?,11?,12-,13+,14+/m0/s1. The lowest BCUT2D eigenvalue weighted by Crippen LogP contribution is -2.65. The molecule has 2 unspecified atom stereocenters. The highest BCUT2D eigenvalue weighted by molar-refractivity contribution is 5.73. The van der Waals surface area contributed by atoms with E-state index >= 15 is 0 Å². The van der Waals surface area contributed by atoms with Gasteiger partial charge in [-0.05, 0) is 12.5 Å². The van der Waals surface area contributed by atoms with Gasteiger partial charge in [-0.1, -0.05) is 5.11 Å². The summed E-state index contributed by atoms with van der Waals surface area (Å²) in [6.45, 7) is 5.47. The molecular weight excluding hydrogens is 336 g/mol. The number of amides is 1. The molecule has 25 heavy (non-hydrogen) atoms. The second-order valence-corrected chi connectivity index (χ2v) is 5.29. The van der Waals surface area contributed by atoms with Gasteiger partial charge < -0.3 is 24.3 Å². The predicted molar refractivity (Wildman–Crippen MR) is 83.0 cm³/mol. The molecule has 1 amide bonds. The fourth-order valence-electron chi connectivity index (χ4n) is 2.52. The summed E-state index contributed by atoms with van der Waals surface area (Å²) in [7, 11) is 0. The first-order valence-electron chi connectivity index (χ1n) is 7.69. The minimum absolute atomic E-state index is 0.192. The summed E-state index contributed by atoms with van der Waals surface area (Å²) >= 11 is 0. The van der Waals surface area contributed by atoms with Gasteiger partial charge >= 0.3 is 11.9 Å². The molecular formula is C14H22N4O7. The predicted octanol–water partition coefficient (Wildman–Crippen LogP) is 0.426. The molecule has 1 N–H and O–H groups in total. The van der Waals surface area contributed by atoms with Gasteiger partial charge in [-0.3, -0.25) is 14.4 Å². The molecule has 0 spiro atoms. The normalized spacial score (nSPS) is 28.4. The van der Waals surface area contributed by atoms with Crippen molar-refractivity contribution >= 4 is 17.8 Å². The molecule has 0 bridgehead atoms. The molecule has 0 aromatic rings. The molecule has 1 rings (SSSR count). The fourth-order valence-corrected chi connectivity index (χ4v) is 2.52. The number of ether oxygens (including phenoxy) is 4. The Morgan fingerprint density at radius 2 is 1.88 bits per heavy atom. The maximum atomic E-state index is 11.5. The van der Waals surface area contributed by atoms with Crippen LogP contribution in [0.4, 0.5) is 0 Å². The van der Waals surface area contributed by atoms with Crippen LogP contribution in [0.15, 0.2) is 5.11 Å². The van der Waals surface area contributed by atoms with Crippen molar-refractivity contribution in [1.82, 2.24) is 5.32 Å². The number of esters is 2. The molecule has 0 radical (unpaired) electrons. The molecule has 1 aliphatic heterocycles. The third-order valence-corrected chi connectivity index (χ3v) is 3.31. The third-order valence-electron chi connectivity index (χ3n) is 3.31. The lowest BCUT2D eigenvalue weighted by molar-refractivity contribution is -0.222. The number of nitrogens with one attached hydrogen (secondary N) is 1. The largest absolute Gasteiger partial charge is 0.463 e. The van der Waals surface area contributed by atoms with E-state index < -0.39 is 48.4 Å². The van der Waals surface area contributed by atoms with Gasteiger partial charge in [0, 0.05) is 32.3 Å². The van der Waals surface area contributed by atoms with E-state index in [9.17, 15) is 14.4 Å². The zero-order valence-corrected chi connectivity index (χ0v) is 14.5.